The molecule has 0 saturated carbocycles. The van der Waals surface area contributed by atoms with Crippen LogP contribution >= 0.6 is 0 Å². The minimum absolute atomic E-state index is 0.144. The van der Waals surface area contributed by atoms with Crippen molar-refractivity contribution in [3.05, 3.63) is 65.0 Å². The maximum Gasteiger partial charge on any atom is 0.252 e. The van der Waals surface area contributed by atoms with E-state index in [4.69, 9.17) is 10.00 Å². The third kappa shape index (κ3) is 8.87. The average molecular weight is 428 g/mol. The van der Waals surface area contributed by atoms with Gasteiger partial charge in [0.1, 0.15) is 0 Å². The van der Waals surface area contributed by atoms with E-state index in [1.165, 1.54) is 19.2 Å². The molecule has 0 atom stereocenters. The molecular weight excluding hydrogens is 397 g/mol. The Labute approximate surface area is 183 Å². The molecule has 31 heavy (non-hydrogen) atoms. The minimum Gasteiger partial charge on any atom is -0.494 e. The number of benzene rings is 2. The minimum atomic E-state index is -0.523. The Morgan fingerprint density at radius 3 is 2.16 bits per heavy atom. The number of nitrogens with zero attached hydrogens (tertiary/aromatic N) is 1. The van der Waals surface area contributed by atoms with Gasteiger partial charge in [0.05, 0.1) is 24.3 Å². The van der Waals surface area contributed by atoms with Crippen LogP contribution in [0.15, 0.2) is 42.5 Å². The van der Waals surface area contributed by atoms with E-state index in [1.54, 1.807) is 30.3 Å². The summed E-state index contributed by atoms with van der Waals surface area (Å²) in [6.07, 6.45) is 3.93. The number of methoxy groups -OCH3 is 1. The largest absolute Gasteiger partial charge is 0.494 e. The predicted molar refractivity (Wildman–Crippen MR) is 119 cm³/mol. The number of nitrogens with one attached hydrogen (secondary N) is 2. The molecular formula is C24H30FN3O3. The second kappa shape index (κ2) is 14.6. The summed E-state index contributed by atoms with van der Waals surface area (Å²) in [5.41, 5.74) is 1.19. The van der Waals surface area contributed by atoms with Crippen LogP contribution in [-0.2, 0) is 0 Å². The molecule has 0 aliphatic rings. The highest BCUT2D eigenvalue weighted by Crippen LogP contribution is 2.17. The summed E-state index contributed by atoms with van der Waals surface area (Å²) < 4.78 is 18.1. The number of hydrogen-bond acceptors (Lipinski definition) is 4. The number of unbranched alkanes of at least 4 members (excludes halogenated alkanes) is 2. The summed E-state index contributed by atoms with van der Waals surface area (Å²) in [6.45, 7) is 5.38. The van der Waals surface area contributed by atoms with Gasteiger partial charge < -0.3 is 15.4 Å². The van der Waals surface area contributed by atoms with Gasteiger partial charge in [0, 0.05) is 18.7 Å². The number of amides is 2. The standard InChI is InChI=1S/C12H16FNO2.C12H14N2O/c1-3-4-7-14-12(15)9-5-6-11(16-2)10(13)8-9;1-2-3-8-14-12(15)11-7-5-4-6-10(11)9-13/h5-6,8H,3-4,7H2,1-2H3,(H,14,15);4-7H,2-3,8H2,1H3,(H,14,15). The third-order valence-electron chi connectivity index (χ3n) is 4.34. The Balaban J connectivity index is 0.000000311. The molecule has 0 unspecified atom stereocenters. The smallest absolute Gasteiger partial charge is 0.252 e. The van der Waals surface area contributed by atoms with Gasteiger partial charge in [-0.2, -0.15) is 5.26 Å². The Morgan fingerprint density at radius 2 is 1.61 bits per heavy atom. The molecule has 2 amide bonds. The van der Waals surface area contributed by atoms with E-state index >= 15 is 0 Å². The number of hydrogen-bond donors (Lipinski definition) is 2. The normalized spacial score (nSPS) is 9.65. The van der Waals surface area contributed by atoms with Crippen molar-refractivity contribution in [2.75, 3.05) is 20.2 Å². The average Bonchev–Trinajstić information content (AvgIpc) is 2.79. The van der Waals surface area contributed by atoms with Crippen molar-refractivity contribution in [1.82, 2.24) is 10.6 Å². The molecule has 166 valence electrons. The number of carbonyl (C=O) groups is 2. The molecule has 0 aliphatic heterocycles. The zero-order valence-corrected chi connectivity index (χ0v) is 18.3. The lowest BCUT2D eigenvalue weighted by Crippen LogP contribution is -2.25. The zero-order chi connectivity index (χ0) is 23.1. The maximum atomic E-state index is 13.3. The Hall–Kier alpha value is -3.40. The molecule has 0 spiro atoms. The number of halogens is 1. The lowest BCUT2D eigenvalue weighted by Gasteiger charge is -2.06. The highest BCUT2D eigenvalue weighted by atomic mass is 19.1. The van der Waals surface area contributed by atoms with Gasteiger partial charge in [-0.3, -0.25) is 9.59 Å². The van der Waals surface area contributed by atoms with Crippen LogP contribution in [0.1, 0.15) is 65.8 Å². The van der Waals surface area contributed by atoms with Crippen LogP contribution in [0.2, 0.25) is 0 Å². The van der Waals surface area contributed by atoms with Gasteiger partial charge >= 0.3 is 0 Å². The molecule has 2 aromatic carbocycles. The van der Waals surface area contributed by atoms with Gasteiger partial charge in [-0.15, -0.1) is 0 Å². The van der Waals surface area contributed by atoms with Crippen LogP contribution in [-0.4, -0.2) is 32.0 Å². The number of nitriles is 1. The van der Waals surface area contributed by atoms with Crippen LogP contribution in [0.4, 0.5) is 4.39 Å². The first-order chi connectivity index (χ1) is 15.0. The molecule has 0 saturated heterocycles. The van der Waals surface area contributed by atoms with Crippen molar-refractivity contribution >= 4 is 11.8 Å². The van der Waals surface area contributed by atoms with Crippen LogP contribution in [0, 0.1) is 17.1 Å². The third-order valence-corrected chi connectivity index (χ3v) is 4.34. The molecule has 2 rings (SSSR count). The van der Waals surface area contributed by atoms with Crippen LogP contribution < -0.4 is 15.4 Å². The fraction of sp³-hybridized carbons (Fsp3) is 0.375. The second-order valence-corrected chi connectivity index (χ2v) is 6.73. The van der Waals surface area contributed by atoms with Crippen LogP contribution in [0.3, 0.4) is 0 Å². The van der Waals surface area contributed by atoms with Crippen molar-refractivity contribution < 1.29 is 18.7 Å². The Bertz CT molecular complexity index is 894. The van der Waals surface area contributed by atoms with Crippen molar-refractivity contribution in [3.63, 3.8) is 0 Å². The maximum absolute atomic E-state index is 13.3. The first-order valence-electron chi connectivity index (χ1n) is 10.4. The van der Waals surface area contributed by atoms with Gasteiger partial charge in [-0.1, -0.05) is 38.8 Å². The van der Waals surface area contributed by atoms with E-state index in [9.17, 15) is 14.0 Å². The van der Waals surface area contributed by atoms with Gasteiger partial charge in [0.25, 0.3) is 11.8 Å². The topological polar surface area (TPSA) is 91.2 Å². The summed E-state index contributed by atoms with van der Waals surface area (Å²) in [5, 5.41) is 14.3. The quantitative estimate of drug-likeness (QED) is 0.578. The molecule has 0 fully saturated rings. The first kappa shape index (κ1) is 25.6. The zero-order valence-electron chi connectivity index (χ0n) is 18.3. The number of rotatable bonds is 9. The monoisotopic (exact) mass is 427 g/mol. The van der Waals surface area contributed by atoms with E-state index in [0.717, 1.165) is 25.7 Å². The Morgan fingerprint density at radius 1 is 1.00 bits per heavy atom. The molecule has 7 heteroatoms. The van der Waals surface area contributed by atoms with E-state index in [2.05, 4.69) is 17.6 Å². The molecule has 0 bridgehead atoms. The van der Waals surface area contributed by atoms with Crippen molar-refractivity contribution in [3.8, 4) is 11.8 Å². The summed E-state index contributed by atoms with van der Waals surface area (Å²) in [6, 6.07) is 13.0. The Kier molecular flexibility index (Phi) is 12.0. The molecule has 2 N–H and O–H groups in total. The molecule has 6 nitrogen and oxygen atoms in total. The van der Waals surface area contributed by atoms with E-state index in [1.807, 2.05) is 13.0 Å². The predicted octanol–water partition coefficient (Wildman–Crippen LogP) is 4.45. The van der Waals surface area contributed by atoms with Crippen molar-refractivity contribution in [2.45, 2.75) is 39.5 Å². The fourth-order valence-electron chi connectivity index (χ4n) is 2.54. The van der Waals surface area contributed by atoms with Gasteiger partial charge in [-0.05, 0) is 43.2 Å². The molecule has 0 aliphatic carbocycles. The molecule has 2 aromatic rings. The first-order valence-corrected chi connectivity index (χ1v) is 10.4. The highest BCUT2D eigenvalue weighted by Gasteiger charge is 2.10. The fourth-order valence-corrected chi connectivity index (χ4v) is 2.54. The summed E-state index contributed by atoms with van der Waals surface area (Å²) in [7, 11) is 1.39. The number of ether oxygens (including phenoxy) is 1. The van der Waals surface area contributed by atoms with Crippen molar-refractivity contribution in [1.29, 1.82) is 5.26 Å². The summed E-state index contributed by atoms with van der Waals surface area (Å²) in [5.74, 6) is -0.800. The molecule has 0 aromatic heterocycles. The molecule has 0 radical (unpaired) electrons. The van der Waals surface area contributed by atoms with Gasteiger partial charge in [-0.25, -0.2) is 4.39 Å². The van der Waals surface area contributed by atoms with Crippen LogP contribution in [0.5, 0.6) is 5.75 Å². The summed E-state index contributed by atoms with van der Waals surface area (Å²) in [4.78, 5) is 23.2. The van der Waals surface area contributed by atoms with Crippen LogP contribution in [0.25, 0.3) is 0 Å². The lowest BCUT2D eigenvalue weighted by molar-refractivity contribution is 0.0944. The van der Waals surface area contributed by atoms with E-state index in [0.29, 0.717) is 29.8 Å². The highest BCUT2D eigenvalue weighted by molar-refractivity contribution is 5.96. The van der Waals surface area contributed by atoms with Gasteiger partial charge in [0.2, 0.25) is 0 Å². The SMILES string of the molecule is CCCCNC(=O)c1ccc(OC)c(F)c1.CCCCNC(=O)c1ccccc1C#N. The molecule has 0 heterocycles. The van der Waals surface area contributed by atoms with E-state index in [-0.39, 0.29) is 17.6 Å². The second-order valence-electron chi connectivity index (χ2n) is 6.73. The van der Waals surface area contributed by atoms with Gasteiger partial charge in [0.15, 0.2) is 11.6 Å². The summed E-state index contributed by atoms with van der Waals surface area (Å²) >= 11 is 0. The lowest BCUT2D eigenvalue weighted by atomic mass is 10.1. The van der Waals surface area contributed by atoms with Crippen molar-refractivity contribution in [2.24, 2.45) is 0 Å². The van der Waals surface area contributed by atoms with E-state index < -0.39 is 5.82 Å². The number of carbonyl (C=O) groups excluding carboxylic acids is 2.